The molecule has 0 unspecified atom stereocenters. The Bertz CT molecular complexity index is 561. The normalized spacial score (nSPS) is 10.7. The van der Waals surface area contributed by atoms with Gasteiger partial charge in [-0.15, -0.1) is 0 Å². The van der Waals surface area contributed by atoms with Crippen molar-refractivity contribution in [2.45, 2.75) is 6.92 Å². The zero-order chi connectivity index (χ0) is 14.6. The molecule has 0 bridgehead atoms. The van der Waals surface area contributed by atoms with Crippen LogP contribution in [-0.4, -0.2) is 28.7 Å². The standard InChI is InChI=1S/C10H12ClNO6S/c1-6-4-7(16-2)9(8(5-6)17-3)18-10(13)12-19(11,14)15/h4-5H,1-3H3,(H,12,13). The van der Waals surface area contributed by atoms with Crippen molar-refractivity contribution in [1.29, 1.82) is 0 Å². The van der Waals surface area contributed by atoms with Gasteiger partial charge in [0.1, 0.15) is 0 Å². The van der Waals surface area contributed by atoms with Crippen LogP contribution >= 0.6 is 10.7 Å². The molecule has 1 rings (SSSR count). The van der Waals surface area contributed by atoms with Crippen LogP contribution in [0.25, 0.3) is 0 Å². The molecule has 1 amide bonds. The van der Waals surface area contributed by atoms with Gasteiger partial charge >= 0.3 is 15.3 Å². The van der Waals surface area contributed by atoms with E-state index in [2.05, 4.69) is 0 Å². The Morgan fingerprint density at radius 1 is 1.21 bits per heavy atom. The van der Waals surface area contributed by atoms with Crippen molar-refractivity contribution in [2.75, 3.05) is 14.2 Å². The Morgan fingerprint density at radius 3 is 2.05 bits per heavy atom. The minimum absolute atomic E-state index is 0.0478. The second kappa shape index (κ2) is 5.98. The van der Waals surface area contributed by atoms with Gasteiger partial charge in [-0.2, -0.15) is 8.42 Å². The number of nitrogens with one attached hydrogen (secondary N) is 1. The second-order valence-electron chi connectivity index (χ2n) is 3.43. The Kier molecular flexibility index (Phi) is 4.84. The highest BCUT2D eigenvalue weighted by molar-refractivity contribution is 8.12. The van der Waals surface area contributed by atoms with E-state index < -0.39 is 15.3 Å². The maximum atomic E-state index is 11.3. The van der Waals surface area contributed by atoms with Gasteiger partial charge in [0.15, 0.2) is 11.5 Å². The molecule has 0 heterocycles. The summed E-state index contributed by atoms with van der Waals surface area (Å²) in [5.41, 5.74) is 0.812. The van der Waals surface area contributed by atoms with Crippen molar-refractivity contribution in [3.8, 4) is 17.2 Å². The topological polar surface area (TPSA) is 90.9 Å². The molecule has 19 heavy (non-hydrogen) atoms. The van der Waals surface area contributed by atoms with E-state index in [0.29, 0.717) is 0 Å². The maximum Gasteiger partial charge on any atom is 0.427 e. The zero-order valence-electron chi connectivity index (χ0n) is 10.4. The summed E-state index contributed by atoms with van der Waals surface area (Å²) in [6, 6.07) is 3.20. The van der Waals surface area contributed by atoms with E-state index in [1.807, 2.05) is 0 Å². The highest BCUT2D eigenvalue weighted by Gasteiger charge is 2.19. The van der Waals surface area contributed by atoms with Gasteiger partial charge in [0.05, 0.1) is 14.2 Å². The smallest absolute Gasteiger partial charge is 0.427 e. The molecule has 0 aliphatic heterocycles. The summed E-state index contributed by atoms with van der Waals surface area (Å²) in [5, 5.41) is 0. The molecular weight excluding hydrogens is 298 g/mol. The van der Waals surface area contributed by atoms with E-state index in [9.17, 15) is 13.2 Å². The van der Waals surface area contributed by atoms with Crippen molar-refractivity contribution >= 4 is 26.0 Å². The molecule has 1 aromatic carbocycles. The third-order valence-corrected chi connectivity index (χ3v) is 2.65. The quantitative estimate of drug-likeness (QED) is 0.849. The molecule has 1 aromatic rings. The Morgan fingerprint density at radius 2 is 1.68 bits per heavy atom. The number of carbonyl (C=O) groups excluding carboxylic acids is 1. The number of carbonyl (C=O) groups is 1. The van der Waals surface area contributed by atoms with E-state index in [0.717, 1.165) is 5.56 Å². The average Bonchev–Trinajstić information content (AvgIpc) is 2.28. The minimum atomic E-state index is -4.22. The summed E-state index contributed by atoms with van der Waals surface area (Å²) in [6.07, 6.45) is -1.27. The average molecular weight is 310 g/mol. The largest absolute Gasteiger partial charge is 0.493 e. The van der Waals surface area contributed by atoms with Crippen LogP contribution < -0.4 is 18.9 Å². The van der Waals surface area contributed by atoms with Crippen molar-refractivity contribution in [3.05, 3.63) is 17.7 Å². The molecule has 0 saturated heterocycles. The molecule has 0 saturated carbocycles. The van der Waals surface area contributed by atoms with Crippen LogP contribution in [0.4, 0.5) is 4.79 Å². The maximum absolute atomic E-state index is 11.3. The Balaban J connectivity index is 3.09. The first kappa shape index (κ1) is 15.4. The minimum Gasteiger partial charge on any atom is -0.493 e. The summed E-state index contributed by atoms with van der Waals surface area (Å²) in [5.74, 6) is 0.395. The summed E-state index contributed by atoms with van der Waals surface area (Å²) in [6.45, 7) is 1.79. The first-order chi connectivity index (χ1) is 8.76. The van der Waals surface area contributed by atoms with Crippen molar-refractivity contribution < 1.29 is 27.4 Å². The Labute approximate surface area is 115 Å². The van der Waals surface area contributed by atoms with Gasteiger partial charge in [-0.1, -0.05) is 0 Å². The summed E-state index contributed by atoms with van der Waals surface area (Å²) >= 11 is 0. The molecule has 0 aromatic heterocycles. The van der Waals surface area contributed by atoms with Crippen molar-refractivity contribution in [2.24, 2.45) is 0 Å². The first-order valence-electron chi connectivity index (χ1n) is 4.93. The van der Waals surface area contributed by atoms with Gasteiger partial charge in [-0.25, -0.2) is 9.52 Å². The van der Waals surface area contributed by atoms with Crippen LogP contribution in [0.5, 0.6) is 17.2 Å². The molecule has 7 nitrogen and oxygen atoms in total. The number of hydrogen-bond acceptors (Lipinski definition) is 6. The molecule has 0 aliphatic rings. The van der Waals surface area contributed by atoms with Gasteiger partial charge < -0.3 is 14.2 Å². The monoisotopic (exact) mass is 309 g/mol. The lowest BCUT2D eigenvalue weighted by molar-refractivity contribution is 0.202. The highest BCUT2D eigenvalue weighted by atomic mass is 35.7. The van der Waals surface area contributed by atoms with E-state index >= 15 is 0 Å². The van der Waals surface area contributed by atoms with E-state index in [4.69, 9.17) is 24.9 Å². The van der Waals surface area contributed by atoms with Crippen molar-refractivity contribution in [3.63, 3.8) is 0 Å². The van der Waals surface area contributed by atoms with Crippen LogP contribution in [0.3, 0.4) is 0 Å². The van der Waals surface area contributed by atoms with E-state index in [-0.39, 0.29) is 17.2 Å². The third-order valence-electron chi connectivity index (χ3n) is 2.00. The molecule has 0 fully saturated rings. The van der Waals surface area contributed by atoms with Crippen LogP contribution in [0.1, 0.15) is 5.56 Å². The van der Waals surface area contributed by atoms with Gasteiger partial charge in [0, 0.05) is 10.7 Å². The predicted octanol–water partition coefficient (Wildman–Crippen LogP) is 1.58. The molecule has 0 spiro atoms. The van der Waals surface area contributed by atoms with Crippen molar-refractivity contribution in [1.82, 2.24) is 4.72 Å². The Hall–Kier alpha value is -1.67. The molecule has 0 atom stereocenters. The SMILES string of the molecule is COc1cc(C)cc(OC)c1OC(=O)NS(=O)(=O)Cl. The number of ether oxygens (including phenoxy) is 3. The summed E-state index contributed by atoms with van der Waals surface area (Å²) in [4.78, 5) is 11.3. The fourth-order valence-corrected chi connectivity index (χ4v) is 1.75. The molecule has 1 N–H and O–H groups in total. The first-order valence-corrected chi connectivity index (χ1v) is 7.24. The summed E-state index contributed by atoms with van der Waals surface area (Å²) in [7, 11) is 3.38. The fraction of sp³-hybridized carbons (Fsp3) is 0.300. The molecule has 106 valence electrons. The molecular formula is C10H12ClNO6S. The van der Waals surface area contributed by atoms with Crippen LogP contribution in [-0.2, 0) is 9.24 Å². The van der Waals surface area contributed by atoms with Crippen LogP contribution in [0.15, 0.2) is 12.1 Å². The highest BCUT2D eigenvalue weighted by Crippen LogP contribution is 2.38. The number of amides is 1. The fourth-order valence-electron chi connectivity index (χ4n) is 1.32. The van der Waals surface area contributed by atoms with Gasteiger partial charge in [0.25, 0.3) is 0 Å². The third kappa shape index (κ3) is 4.49. The number of halogens is 1. The zero-order valence-corrected chi connectivity index (χ0v) is 12.0. The van der Waals surface area contributed by atoms with E-state index in [1.165, 1.54) is 18.9 Å². The predicted molar refractivity (Wildman–Crippen MR) is 68.2 cm³/mol. The number of aryl methyl sites for hydroxylation is 1. The lowest BCUT2D eigenvalue weighted by atomic mass is 10.2. The molecule has 0 aliphatic carbocycles. The van der Waals surface area contributed by atoms with Crippen LogP contribution in [0, 0.1) is 6.92 Å². The number of benzene rings is 1. The van der Waals surface area contributed by atoms with E-state index in [1.54, 1.807) is 19.1 Å². The number of methoxy groups -OCH3 is 2. The molecule has 9 heteroatoms. The van der Waals surface area contributed by atoms with Gasteiger partial charge in [-0.3, -0.25) is 0 Å². The van der Waals surface area contributed by atoms with Crippen LogP contribution in [0.2, 0.25) is 0 Å². The number of rotatable bonds is 4. The summed E-state index contributed by atoms with van der Waals surface area (Å²) < 4.78 is 37.7. The molecule has 0 radical (unpaired) electrons. The van der Waals surface area contributed by atoms with Gasteiger partial charge in [0.2, 0.25) is 5.75 Å². The number of hydrogen-bond donors (Lipinski definition) is 1. The second-order valence-corrected chi connectivity index (χ2v) is 5.73. The lowest BCUT2D eigenvalue weighted by Gasteiger charge is -2.13. The van der Waals surface area contributed by atoms with Gasteiger partial charge in [-0.05, 0) is 24.6 Å². The lowest BCUT2D eigenvalue weighted by Crippen LogP contribution is -2.29.